The van der Waals surface area contributed by atoms with E-state index >= 15 is 0 Å². The zero-order valence-corrected chi connectivity index (χ0v) is 23.5. The molecular formula is C30H32ClF4NO5. The van der Waals surface area contributed by atoms with Crippen molar-refractivity contribution in [3.63, 3.8) is 0 Å². The van der Waals surface area contributed by atoms with E-state index in [0.717, 1.165) is 13.8 Å². The quantitative estimate of drug-likeness (QED) is 0.149. The van der Waals surface area contributed by atoms with Crippen molar-refractivity contribution in [3.05, 3.63) is 76.3 Å². The van der Waals surface area contributed by atoms with Crippen LogP contribution in [0.1, 0.15) is 65.0 Å². The molecule has 0 saturated heterocycles. The molecule has 0 heterocycles. The van der Waals surface area contributed by atoms with Crippen molar-refractivity contribution in [1.82, 2.24) is 5.32 Å². The van der Waals surface area contributed by atoms with Gasteiger partial charge in [0.15, 0.2) is 5.78 Å². The number of ketones is 2. The van der Waals surface area contributed by atoms with Crippen LogP contribution in [0, 0.1) is 5.41 Å². The van der Waals surface area contributed by atoms with E-state index in [2.05, 4.69) is 11.9 Å². The van der Waals surface area contributed by atoms with Crippen LogP contribution in [0.2, 0.25) is 5.02 Å². The lowest BCUT2D eigenvalue weighted by Crippen LogP contribution is -2.41. The molecule has 0 aliphatic heterocycles. The normalized spacial score (nSPS) is 14.5. The summed E-state index contributed by atoms with van der Waals surface area (Å²) >= 11 is 6.26. The third kappa shape index (κ3) is 8.16. The highest BCUT2D eigenvalue weighted by atomic mass is 35.5. The summed E-state index contributed by atoms with van der Waals surface area (Å²) in [7, 11) is 0. The van der Waals surface area contributed by atoms with Gasteiger partial charge in [0, 0.05) is 24.9 Å². The first-order chi connectivity index (χ1) is 19.1. The molecule has 2 N–H and O–H groups in total. The minimum Gasteiger partial charge on any atom is -0.487 e. The second kappa shape index (κ2) is 12.7. The average molecular weight is 598 g/mol. The summed E-state index contributed by atoms with van der Waals surface area (Å²) in [6.45, 7) is 4.46. The van der Waals surface area contributed by atoms with Crippen LogP contribution in [0.25, 0.3) is 0 Å². The molecule has 1 amide bonds. The fourth-order valence-corrected chi connectivity index (χ4v) is 4.26. The predicted octanol–water partition coefficient (Wildman–Crippen LogP) is 6.01. The molecule has 0 radical (unpaired) electrons. The van der Waals surface area contributed by atoms with E-state index in [1.807, 2.05) is 0 Å². The van der Waals surface area contributed by atoms with Crippen LogP contribution >= 0.6 is 11.6 Å². The minimum atomic E-state index is -3.39. The van der Waals surface area contributed by atoms with E-state index in [1.54, 1.807) is 6.07 Å². The van der Waals surface area contributed by atoms with Gasteiger partial charge in [-0.05, 0) is 74.6 Å². The topological polar surface area (TPSA) is 92.7 Å². The van der Waals surface area contributed by atoms with Crippen LogP contribution in [-0.4, -0.2) is 53.7 Å². The van der Waals surface area contributed by atoms with Crippen molar-refractivity contribution in [2.24, 2.45) is 5.41 Å². The molecule has 11 heteroatoms. The van der Waals surface area contributed by atoms with Gasteiger partial charge in [-0.3, -0.25) is 14.4 Å². The number of aryl methyl sites for hydroxylation is 1. The summed E-state index contributed by atoms with van der Waals surface area (Å²) in [5, 5.41) is 12.7. The maximum atomic E-state index is 14.1. The van der Waals surface area contributed by atoms with E-state index < -0.39 is 47.4 Å². The Balaban J connectivity index is 1.76. The molecule has 1 saturated carbocycles. The van der Waals surface area contributed by atoms with Gasteiger partial charge in [-0.15, -0.1) is 0 Å². The summed E-state index contributed by atoms with van der Waals surface area (Å²) in [5.41, 5.74) is -1.96. The highest BCUT2D eigenvalue weighted by Crippen LogP contribution is 2.39. The molecule has 1 aliphatic carbocycles. The standard InChI is InChI=1S/C30H32ClF4NO5/c1-4-30(34,35)28(2,3)25(38)10-7-18-5-8-22(31)20(13-18)23(37)15-19-6-9-24(41-16-26(32)33)21(14-19)27(39)36-17-29(40)11-12-29/h4-6,8-9,13-14,26,40H,1,7,10-12,15-17H2,2-3H3,(H,36,39). The molecule has 2 aromatic carbocycles. The fourth-order valence-electron chi connectivity index (χ4n) is 4.04. The van der Waals surface area contributed by atoms with Crippen molar-refractivity contribution in [2.45, 2.75) is 63.9 Å². The number of ether oxygens (including phenoxy) is 1. The Hall–Kier alpha value is -3.24. The molecule has 0 atom stereocenters. The van der Waals surface area contributed by atoms with Crippen LogP contribution in [0.4, 0.5) is 17.6 Å². The van der Waals surface area contributed by atoms with Crippen molar-refractivity contribution >= 4 is 29.1 Å². The lowest BCUT2D eigenvalue weighted by Gasteiger charge is -2.30. The van der Waals surface area contributed by atoms with Crippen molar-refractivity contribution < 1.29 is 41.8 Å². The third-order valence-electron chi connectivity index (χ3n) is 7.18. The van der Waals surface area contributed by atoms with Gasteiger partial charge in [0.25, 0.3) is 18.3 Å². The Labute approximate surface area is 240 Å². The third-order valence-corrected chi connectivity index (χ3v) is 7.51. The van der Waals surface area contributed by atoms with Crippen LogP contribution < -0.4 is 10.1 Å². The number of hydrogen-bond acceptors (Lipinski definition) is 5. The predicted molar refractivity (Wildman–Crippen MR) is 146 cm³/mol. The van der Waals surface area contributed by atoms with Gasteiger partial charge in [0.1, 0.15) is 18.1 Å². The molecule has 0 aromatic heterocycles. The number of halogens is 5. The molecule has 0 spiro atoms. The van der Waals surface area contributed by atoms with Gasteiger partial charge in [-0.25, -0.2) is 17.6 Å². The Morgan fingerprint density at radius 2 is 1.76 bits per heavy atom. The van der Waals surface area contributed by atoms with Gasteiger partial charge in [-0.1, -0.05) is 30.3 Å². The van der Waals surface area contributed by atoms with Crippen LogP contribution in [-0.2, 0) is 17.6 Å². The first kappa shape index (κ1) is 32.3. The molecule has 1 fully saturated rings. The maximum absolute atomic E-state index is 14.1. The summed E-state index contributed by atoms with van der Waals surface area (Å²) < 4.78 is 58.8. The lowest BCUT2D eigenvalue weighted by atomic mass is 9.79. The number of nitrogens with one attached hydrogen (secondary N) is 1. The van der Waals surface area contributed by atoms with Crippen molar-refractivity contribution in [2.75, 3.05) is 13.2 Å². The van der Waals surface area contributed by atoms with Gasteiger partial charge < -0.3 is 15.2 Å². The summed E-state index contributed by atoms with van der Waals surface area (Å²) in [6.07, 6.45) is -1.56. The second-order valence-electron chi connectivity index (χ2n) is 10.7. The number of allylic oxidation sites excluding steroid dienone is 1. The minimum absolute atomic E-state index is 0.0173. The van der Waals surface area contributed by atoms with Crippen molar-refractivity contribution in [1.29, 1.82) is 0 Å². The van der Waals surface area contributed by atoms with E-state index in [4.69, 9.17) is 16.3 Å². The van der Waals surface area contributed by atoms with E-state index in [0.29, 0.717) is 30.0 Å². The molecule has 0 unspecified atom stereocenters. The first-order valence-corrected chi connectivity index (χ1v) is 13.4. The molecule has 41 heavy (non-hydrogen) atoms. The van der Waals surface area contributed by atoms with Gasteiger partial charge in [0.05, 0.1) is 21.6 Å². The second-order valence-corrected chi connectivity index (χ2v) is 11.1. The smallest absolute Gasteiger partial charge is 0.278 e. The van der Waals surface area contributed by atoms with Crippen LogP contribution in [0.3, 0.4) is 0 Å². The zero-order valence-electron chi connectivity index (χ0n) is 22.7. The SMILES string of the molecule is C=CC(F)(F)C(C)(C)C(=O)CCc1ccc(Cl)c(C(=O)Cc2ccc(OCC(F)F)c(C(=O)NCC3(O)CC3)c2)c1. The molecule has 3 rings (SSSR count). The van der Waals surface area contributed by atoms with Gasteiger partial charge in [-0.2, -0.15) is 0 Å². The van der Waals surface area contributed by atoms with E-state index in [9.17, 15) is 37.1 Å². The van der Waals surface area contributed by atoms with Crippen LogP contribution in [0.15, 0.2) is 49.1 Å². The molecular weight excluding hydrogens is 566 g/mol. The molecule has 1 aliphatic rings. The maximum Gasteiger partial charge on any atom is 0.278 e. The Kier molecular flexibility index (Phi) is 10.0. The number of Topliss-reactive ketones (excluding diaryl/α,β-unsaturated/α-hetero) is 2. The van der Waals surface area contributed by atoms with E-state index in [1.165, 1.54) is 30.3 Å². The fraction of sp³-hybridized carbons (Fsp3) is 0.433. The number of hydrogen-bond donors (Lipinski definition) is 2. The highest BCUT2D eigenvalue weighted by molar-refractivity contribution is 6.34. The zero-order chi connectivity index (χ0) is 30.6. The van der Waals surface area contributed by atoms with Gasteiger partial charge >= 0.3 is 0 Å². The van der Waals surface area contributed by atoms with Crippen LogP contribution in [0.5, 0.6) is 5.75 Å². The number of alkyl halides is 4. The lowest BCUT2D eigenvalue weighted by molar-refractivity contribution is -0.143. The first-order valence-electron chi connectivity index (χ1n) is 13.0. The van der Waals surface area contributed by atoms with E-state index in [-0.39, 0.29) is 47.7 Å². The number of carbonyl (C=O) groups is 3. The van der Waals surface area contributed by atoms with Crippen molar-refractivity contribution in [3.8, 4) is 5.75 Å². The largest absolute Gasteiger partial charge is 0.487 e. The number of rotatable bonds is 15. The number of carbonyl (C=O) groups excluding carboxylic acids is 3. The Bertz CT molecular complexity index is 1320. The molecule has 2 aromatic rings. The highest BCUT2D eigenvalue weighted by Gasteiger charge is 2.48. The molecule has 0 bridgehead atoms. The number of amides is 1. The van der Waals surface area contributed by atoms with Gasteiger partial charge in [0.2, 0.25) is 0 Å². The summed E-state index contributed by atoms with van der Waals surface area (Å²) in [6, 6.07) is 8.68. The molecule has 222 valence electrons. The number of benzene rings is 2. The number of aliphatic hydroxyl groups is 1. The summed E-state index contributed by atoms with van der Waals surface area (Å²) in [5.74, 6) is -5.24. The summed E-state index contributed by atoms with van der Waals surface area (Å²) in [4.78, 5) is 38.5. The average Bonchev–Trinajstić information content (AvgIpc) is 3.66. The Morgan fingerprint density at radius 1 is 1.12 bits per heavy atom. The monoisotopic (exact) mass is 597 g/mol. The molecule has 6 nitrogen and oxygen atoms in total. The Morgan fingerprint density at radius 3 is 2.37 bits per heavy atom.